The van der Waals surface area contributed by atoms with E-state index >= 15 is 0 Å². The number of imide groups is 1. The Morgan fingerprint density at radius 3 is 2.50 bits per heavy atom. The van der Waals surface area contributed by atoms with E-state index in [1.165, 1.54) is 7.11 Å². The zero-order chi connectivity index (χ0) is 25.2. The van der Waals surface area contributed by atoms with E-state index in [2.05, 4.69) is 36.1 Å². The van der Waals surface area contributed by atoms with Crippen molar-refractivity contribution >= 4 is 39.5 Å². The first-order valence-corrected chi connectivity index (χ1v) is 12.2. The molecule has 0 spiro atoms. The van der Waals surface area contributed by atoms with E-state index in [1.54, 1.807) is 15.6 Å². The highest BCUT2D eigenvalue weighted by Gasteiger charge is 2.29. The molecule has 4 aromatic rings. The zero-order valence-electron chi connectivity index (χ0n) is 19.5. The van der Waals surface area contributed by atoms with Gasteiger partial charge in [0.05, 0.1) is 29.2 Å². The first-order chi connectivity index (χ1) is 17.5. The van der Waals surface area contributed by atoms with E-state index in [1.807, 2.05) is 48.7 Å². The number of nitrogens with two attached hydrogens (primary N) is 1. The molecule has 1 aliphatic heterocycles. The van der Waals surface area contributed by atoms with Crippen LogP contribution in [-0.2, 0) is 4.74 Å². The summed E-state index contributed by atoms with van der Waals surface area (Å²) in [7, 11) is 1.22. The second-order valence-corrected chi connectivity index (χ2v) is 9.26. The number of carbonyl (C=O) groups is 2. The van der Waals surface area contributed by atoms with Gasteiger partial charge in [0, 0.05) is 41.9 Å². The number of amides is 3. The third kappa shape index (κ3) is 4.49. The van der Waals surface area contributed by atoms with Crippen LogP contribution in [0.3, 0.4) is 0 Å². The van der Waals surface area contributed by atoms with Gasteiger partial charge >= 0.3 is 12.1 Å². The number of nitrogens with one attached hydrogen (secondary N) is 1. The minimum Gasteiger partial charge on any atom is -0.453 e. The molecular weight excluding hydrogens is 526 g/mol. The van der Waals surface area contributed by atoms with Crippen LogP contribution in [0.4, 0.5) is 15.4 Å². The molecule has 0 saturated carbocycles. The van der Waals surface area contributed by atoms with Gasteiger partial charge < -0.3 is 15.4 Å². The van der Waals surface area contributed by atoms with Crippen LogP contribution in [0.25, 0.3) is 28.0 Å². The van der Waals surface area contributed by atoms with Gasteiger partial charge in [0.25, 0.3) is 0 Å². The number of halogens is 1. The van der Waals surface area contributed by atoms with Crippen LogP contribution in [0.2, 0.25) is 0 Å². The number of rotatable bonds is 3. The molecule has 0 atom stereocenters. The highest BCUT2D eigenvalue weighted by atomic mass is 79.9. The van der Waals surface area contributed by atoms with E-state index in [4.69, 9.17) is 10.7 Å². The molecular formula is C25H24BrN7O3. The van der Waals surface area contributed by atoms with Crippen LogP contribution < -0.4 is 11.1 Å². The number of pyridine rings is 1. The second kappa shape index (κ2) is 9.94. The lowest BCUT2D eigenvalue weighted by Crippen LogP contribution is -2.46. The average molecular weight is 550 g/mol. The summed E-state index contributed by atoms with van der Waals surface area (Å²) in [5.74, 6) is 0.538. The Morgan fingerprint density at radius 1 is 1.08 bits per heavy atom. The smallest absolute Gasteiger partial charge is 0.415 e. The number of nitrogen functional groups attached to an aromatic ring is 1. The van der Waals surface area contributed by atoms with E-state index < -0.39 is 12.1 Å². The van der Waals surface area contributed by atoms with Crippen molar-refractivity contribution in [2.24, 2.45) is 0 Å². The molecule has 1 saturated heterocycles. The fourth-order valence-electron chi connectivity index (χ4n) is 4.39. The number of carbonyl (C=O) groups excluding carboxylic acids is 2. The number of methoxy groups -OCH3 is 1. The van der Waals surface area contributed by atoms with Gasteiger partial charge in [-0.25, -0.2) is 19.9 Å². The fraction of sp³-hybridized carbons (Fsp3) is 0.240. The topological polar surface area (TPSA) is 128 Å². The molecule has 0 unspecified atom stereocenters. The Labute approximate surface area is 215 Å². The summed E-state index contributed by atoms with van der Waals surface area (Å²) < 4.78 is 6.81. The van der Waals surface area contributed by atoms with Crippen LogP contribution in [0.15, 0.2) is 59.3 Å². The molecule has 3 N–H and O–H groups in total. The number of alkyl carbamates (subject to hydrolysis) is 1. The molecule has 36 heavy (non-hydrogen) atoms. The van der Waals surface area contributed by atoms with Crippen LogP contribution >= 0.6 is 15.9 Å². The van der Waals surface area contributed by atoms with Gasteiger partial charge in [-0.3, -0.25) is 4.98 Å². The summed E-state index contributed by atoms with van der Waals surface area (Å²) in [6.45, 7) is 0.952. The Balaban J connectivity index is 1.41. The maximum Gasteiger partial charge on any atom is 0.415 e. The molecule has 0 bridgehead atoms. The highest BCUT2D eigenvalue weighted by molar-refractivity contribution is 9.10. The van der Waals surface area contributed by atoms with Crippen LogP contribution in [0.5, 0.6) is 0 Å². The summed E-state index contributed by atoms with van der Waals surface area (Å²) in [6, 6.07) is 13.5. The maximum absolute atomic E-state index is 12.2. The van der Waals surface area contributed by atoms with Gasteiger partial charge in [0.1, 0.15) is 5.82 Å². The summed E-state index contributed by atoms with van der Waals surface area (Å²) in [5, 5.41) is 6.66. The van der Waals surface area contributed by atoms with Crippen molar-refractivity contribution < 1.29 is 14.3 Å². The lowest BCUT2D eigenvalue weighted by Gasteiger charge is -2.31. The zero-order valence-corrected chi connectivity index (χ0v) is 21.1. The lowest BCUT2D eigenvalue weighted by molar-refractivity contribution is 0.156. The highest BCUT2D eigenvalue weighted by Crippen LogP contribution is 2.37. The first kappa shape index (κ1) is 23.7. The number of aromatic nitrogens is 4. The second-order valence-electron chi connectivity index (χ2n) is 8.47. The standard InChI is InChI=1S/C25H24BrN7O3/c1-36-25(35)31-24(34)32-11-9-16(10-12-32)21-20(26)22(27)33-23(30-21)18(14-29-33)17-7-8-19(28-13-17)15-5-3-2-4-6-15/h2-8,13-14,16H,9-12,27H2,1H3,(H,31,34,35). The lowest BCUT2D eigenvalue weighted by atomic mass is 9.93. The van der Waals surface area contributed by atoms with Gasteiger partial charge in [0.2, 0.25) is 0 Å². The van der Waals surface area contributed by atoms with Crippen molar-refractivity contribution in [2.75, 3.05) is 25.9 Å². The molecule has 0 radical (unpaired) electrons. The van der Waals surface area contributed by atoms with Gasteiger partial charge in [-0.1, -0.05) is 36.4 Å². The number of anilines is 1. The van der Waals surface area contributed by atoms with Gasteiger partial charge in [-0.15, -0.1) is 0 Å². The number of fused-ring (bicyclic) bond motifs is 1. The normalized spacial score (nSPS) is 14.1. The molecule has 1 fully saturated rings. The maximum atomic E-state index is 12.2. The molecule has 11 heteroatoms. The molecule has 10 nitrogen and oxygen atoms in total. The van der Waals surface area contributed by atoms with Crippen LogP contribution in [0.1, 0.15) is 24.5 Å². The number of nitrogens with zero attached hydrogens (tertiary/aromatic N) is 5. The Hall–Kier alpha value is -3.99. The van der Waals surface area contributed by atoms with Crippen molar-refractivity contribution in [2.45, 2.75) is 18.8 Å². The van der Waals surface area contributed by atoms with Gasteiger partial charge in [-0.2, -0.15) is 9.61 Å². The third-order valence-corrected chi connectivity index (χ3v) is 7.17. The third-order valence-electron chi connectivity index (χ3n) is 6.36. The minimum absolute atomic E-state index is 0.0789. The predicted octanol–water partition coefficient (Wildman–Crippen LogP) is 4.46. The Kier molecular flexibility index (Phi) is 6.55. The van der Waals surface area contributed by atoms with Crippen molar-refractivity contribution in [1.82, 2.24) is 29.8 Å². The monoisotopic (exact) mass is 549 g/mol. The van der Waals surface area contributed by atoms with Crippen molar-refractivity contribution in [1.29, 1.82) is 0 Å². The number of ether oxygens (including phenoxy) is 1. The number of likely N-dealkylation sites (tertiary alicyclic amines) is 1. The SMILES string of the molecule is COC(=O)NC(=O)N1CCC(c2nc3c(-c4ccc(-c5ccccc5)nc4)cnn3c(N)c2Br)CC1. The van der Waals surface area contributed by atoms with Gasteiger partial charge in [-0.05, 0) is 34.8 Å². The summed E-state index contributed by atoms with van der Waals surface area (Å²) in [5.41, 5.74) is 11.6. The van der Waals surface area contributed by atoms with Crippen molar-refractivity contribution in [3.63, 3.8) is 0 Å². The Bertz CT molecular complexity index is 1420. The van der Waals surface area contributed by atoms with E-state index in [9.17, 15) is 9.59 Å². The van der Waals surface area contributed by atoms with Crippen LogP contribution in [-0.4, -0.2) is 56.8 Å². The van der Waals surface area contributed by atoms with E-state index in [0.29, 0.717) is 41.9 Å². The molecule has 3 amide bonds. The number of benzene rings is 1. The number of hydrogen-bond donors (Lipinski definition) is 2. The van der Waals surface area contributed by atoms with Gasteiger partial charge in [0.15, 0.2) is 5.65 Å². The summed E-state index contributed by atoms with van der Waals surface area (Å²) >= 11 is 3.61. The van der Waals surface area contributed by atoms with E-state index in [-0.39, 0.29) is 5.92 Å². The predicted molar refractivity (Wildman–Crippen MR) is 138 cm³/mol. The Morgan fingerprint density at radius 2 is 1.83 bits per heavy atom. The quantitative estimate of drug-likeness (QED) is 0.386. The molecule has 184 valence electrons. The first-order valence-electron chi connectivity index (χ1n) is 11.4. The molecule has 4 heterocycles. The molecule has 5 rings (SSSR count). The minimum atomic E-state index is -0.774. The summed E-state index contributed by atoms with van der Waals surface area (Å²) in [4.78, 5) is 34.8. The van der Waals surface area contributed by atoms with Crippen molar-refractivity contribution in [3.8, 4) is 22.4 Å². The van der Waals surface area contributed by atoms with Crippen molar-refractivity contribution in [3.05, 3.63) is 65.0 Å². The van der Waals surface area contributed by atoms with Crippen LogP contribution in [0, 0.1) is 0 Å². The molecule has 3 aromatic heterocycles. The fourth-order valence-corrected chi connectivity index (χ4v) is 4.97. The average Bonchev–Trinajstić information content (AvgIpc) is 3.35. The van der Waals surface area contributed by atoms with E-state index in [0.717, 1.165) is 28.1 Å². The number of urea groups is 1. The molecule has 1 aromatic carbocycles. The molecule has 0 aliphatic carbocycles. The molecule has 1 aliphatic rings. The number of hydrogen-bond acceptors (Lipinski definition) is 7. The summed E-state index contributed by atoms with van der Waals surface area (Å²) in [6.07, 6.45) is 4.13. The number of piperidine rings is 1. The largest absolute Gasteiger partial charge is 0.453 e.